The molecule has 2 aromatic carbocycles. The van der Waals surface area contributed by atoms with Crippen molar-refractivity contribution >= 4 is 21.9 Å². The lowest BCUT2D eigenvalue weighted by atomic mass is 10.2. The molecule has 2 aromatic rings. The van der Waals surface area contributed by atoms with Crippen LogP contribution < -0.4 is 0 Å². The average molecular weight is 344 g/mol. The average Bonchev–Trinajstić information content (AvgIpc) is 2.53. The van der Waals surface area contributed by atoms with E-state index in [1.54, 1.807) is 50.2 Å². The van der Waals surface area contributed by atoms with E-state index in [1.165, 1.54) is 18.2 Å². The molecule has 0 saturated heterocycles. The first-order chi connectivity index (χ1) is 11.3. The van der Waals surface area contributed by atoms with Crippen LogP contribution in [0.4, 0.5) is 0 Å². The molecule has 0 bridgehead atoms. The van der Waals surface area contributed by atoms with Gasteiger partial charge in [-0.25, -0.2) is 13.2 Å². The van der Waals surface area contributed by atoms with Crippen LogP contribution in [-0.2, 0) is 19.4 Å². The van der Waals surface area contributed by atoms with Crippen molar-refractivity contribution in [1.82, 2.24) is 0 Å². The standard InChI is InChI=1S/C19H20O4S/c1-14(2)23-19(20)18(13-16-7-5-4-6-8-16)24(21,22)17-11-9-15(3)10-12-17/h4-14H,1-3H3/b18-13+. The summed E-state index contributed by atoms with van der Waals surface area (Å²) < 4.78 is 30.9. The molecule has 0 fully saturated rings. The number of rotatable bonds is 5. The fourth-order valence-electron chi connectivity index (χ4n) is 2.06. The molecule has 0 spiro atoms. The summed E-state index contributed by atoms with van der Waals surface area (Å²) in [6.07, 6.45) is 0.935. The van der Waals surface area contributed by atoms with Crippen LogP contribution >= 0.6 is 0 Å². The highest BCUT2D eigenvalue weighted by Gasteiger charge is 2.29. The van der Waals surface area contributed by atoms with Gasteiger partial charge in [0.05, 0.1) is 11.0 Å². The van der Waals surface area contributed by atoms with Crippen molar-refractivity contribution in [2.24, 2.45) is 0 Å². The number of sulfone groups is 1. The second-order valence-electron chi connectivity index (χ2n) is 5.69. The fourth-order valence-corrected chi connectivity index (χ4v) is 3.37. The first-order valence-electron chi connectivity index (χ1n) is 7.60. The lowest BCUT2D eigenvalue weighted by Gasteiger charge is -2.12. The minimum Gasteiger partial charge on any atom is -0.459 e. The number of carbonyl (C=O) groups excluding carboxylic acids is 1. The quantitative estimate of drug-likeness (QED) is 0.612. The third-order valence-corrected chi connectivity index (χ3v) is 5.02. The van der Waals surface area contributed by atoms with Crippen LogP contribution in [0, 0.1) is 6.92 Å². The van der Waals surface area contributed by atoms with Crippen LogP contribution in [0.1, 0.15) is 25.0 Å². The van der Waals surface area contributed by atoms with Crippen molar-refractivity contribution in [1.29, 1.82) is 0 Å². The topological polar surface area (TPSA) is 60.4 Å². The zero-order valence-electron chi connectivity index (χ0n) is 13.9. The van der Waals surface area contributed by atoms with Crippen molar-refractivity contribution in [2.75, 3.05) is 0 Å². The number of benzene rings is 2. The molecule has 2 rings (SSSR count). The second kappa shape index (κ2) is 7.45. The van der Waals surface area contributed by atoms with Gasteiger partial charge >= 0.3 is 5.97 Å². The van der Waals surface area contributed by atoms with Gasteiger partial charge in [-0.1, -0.05) is 48.0 Å². The molecule has 5 heteroatoms. The largest absolute Gasteiger partial charge is 0.459 e. The van der Waals surface area contributed by atoms with Crippen LogP contribution in [0.25, 0.3) is 6.08 Å². The Morgan fingerprint density at radius 3 is 2.12 bits per heavy atom. The Bertz CT molecular complexity index is 833. The summed E-state index contributed by atoms with van der Waals surface area (Å²) in [5.41, 5.74) is 1.55. The van der Waals surface area contributed by atoms with Gasteiger partial charge in [0.2, 0.25) is 9.84 Å². The van der Waals surface area contributed by atoms with Crippen molar-refractivity contribution in [3.8, 4) is 0 Å². The smallest absolute Gasteiger partial charge is 0.350 e. The minimum absolute atomic E-state index is 0.0657. The Balaban J connectivity index is 2.55. The number of hydrogen-bond acceptors (Lipinski definition) is 4. The summed E-state index contributed by atoms with van der Waals surface area (Å²) in [6.45, 7) is 5.22. The molecule has 4 nitrogen and oxygen atoms in total. The Morgan fingerprint density at radius 1 is 1.00 bits per heavy atom. The van der Waals surface area contributed by atoms with E-state index < -0.39 is 21.9 Å². The van der Waals surface area contributed by atoms with E-state index in [1.807, 2.05) is 13.0 Å². The van der Waals surface area contributed by atoms with E-state index in [2.05, 4.69) is 0 Å². The molecule has 0 aliphatic heterocycles. The second-order valence-corrected chi connectivity index (χ2v) is 7.61. The number of ether oxygens (including phenoxy) is 1. The van der Waals surface area contributed by atoms with Gasteiger partial charge < -0.3 is 4.74 Å². The van der Waals surface area contributed by atoms with Gasteiger partial charge in [-0.05, 0) is 44.5 Å². The normalized spacial score (nSPS) is 12.2. The fraction of sp³-hybridized carbons (Fsp3) is 0.211. The van der Waals surface area contributed by atoms with E-state index >= 15 is 0 Å². The van der Waals surface area contributed by atoms with E-state index in [0.717, 1.165) is 5.56 Å². The molecule has 126 valence electrons. The maximum absolute atomic E-state index is 12.9. The summed E-state index contributed by atoms with van der Waals surface area (Å²) in [5, 5.41) is 0. The molecule has 0 radical (unpaired) electrons. The van der Waals surface area contributed by atoms with E-state index in [9.17, 15) is 13.2 Å². The van der Waals surface area contributed by atoms with Gasteiger partial charge in [0.1, 0.15) is 0 Å². The monoisotopic (exact) mass is 344 g/mol. The van der Waals surface area contributed by atoms with Gasteiger partial charge in [0.15, 0.2) is 4.91 Å². The molecule has 0 aliphatic rings. The Morgan fingerprint density at radius 2 is 1.58 bits per heavy atom. The summed E-state index contributed by atoms with van der Waals surface area (Å²) in [4.78, 5) is 12.1. The third kappa shape index (κ3) is 4.32. The van der Waals surface area contributed by atoms with Gasteiger partial charge in [-0.3, -0.25) is 0 Å². The summed E-state index contributed by atoms with van der Waals surface area (Å²) in [5.74, 6) is -0.852. The molecule has 0 heterocycles. The Labute approximate surface area is 142 Å². The molecule has 0 aromatic heterocycles. The van der Waals surface area contributed by atoms with Crippen LogP contribution in [-0.4, -0.2) is 20.5 Å². The molecular weight excluding hydrogens is 324 g/mol. The van der Waals surface area contributed by atoms with Gasteiger partial charge in [0, 0.05) is 0 Å². The summed E-state index contributed by atoms with van der Waals surface area (Å²) in [7, 11) is -3.97. The molecule has 24 heavy (non-hydrogen) atoms. The van der Waals surface area contributed by atoms with Gasteiger partial charge in [-0.15, -0.1) is 0 Å². The van der Waals surface area contributed by atoms with E-state index in [0.29, 0.717) is 5.56 Å². The molecular formula is C19H20O4S. The van der Waals surface area contributed by atoms with Crippen molar-refractivity contribution in [3.63, 3.8) is 0 Å². The number of hydrogen-bond donors (Lipinski definition) is 0. The summed E-state index contributed by atoms with van der Waals surface area (Å²) >= 11 is 0. The van der Waals surface area contributed by atoms with Crippen LogP contribution in [0.15, 0.2) is 64.4 Å². The Kier molecular flexibility index (Phi) is 5.57. The number of esters is 1. The van der Waals surface area contributed by atoms with Crippen molar-refractivity contribution in [3.05, 3.63) is 70.6 Å². The first-order valence-corrected chi connectivity index (χ1v) is 9.08. The minimum atomic E-state index is -3.97. The van der Waals surface area contributed by atoms with Crippen LogP contribution in [0.3, 0.4) is 0 Å². The number of aryl methyl sites for hydroxylation is 1. The maximum atomic E-state index is 12.9. The van der Waals surface area contributed by atoms with Gasteiger partial charge in [-0.2, -0.15) is 0 Å². The van der Waals surface area contributed by atoms with Gasteiger partial charge in [0.25, 0.3) is 0 Å². The van der Waals surface area contributed by atoms with Crippen molar-refractivity contribution < 1.29 is 17.9 Å². The lowest BCUT2D eigenvalue weighted by Crippen LogP contribution is -2.19. The van der Waals surface area contributed by atoms with Crippen LogP contribution in [0.5, 0.6) is 0 Å². The van der Waals surface area contributed by atoms with E-state index in [-0.39, 0.29) is 9.80 Å². The summed E-state index contributed by atoms with van der Waals surface area (Å²) in [6, 6.07) is 15.2. The zero-order valence-corrected chi connectivity index (χ0v) is 14.7. The highest BCUT2D eigenvalue weighted by Crippen LogP contribution is 2.23. The lowest BCUT2D eigenvalue weighted by molar-refractivity contribution is -0.141. The number of carbonyl (C=O) groups is 1. The highest BCUT2D eigenvalue weighted by molar-refractivity contribution is 7.96. The molecule has 0 unspecified atom stereocenters. The maximum Gasteiger partial charge on any atom is 0.350 e. The molecule has 0 N–H and O–H groups in total. The molecule has 0 saturated carbocycles. The highest BCUT2D eigenvalue weighted by atomic mass is 32.2. The third-order valence-electron chi connectivity index (χ3n) is 3.26. The van der Waals surface area contributed by atoms with Crippen LogP contribution in [0.2, 0.25) is 0 Å². The van der Waals surface area contributed by atoms with Crippen molar-refractivity contribution in [2.45, 2.75) is 31.8 Å². The SMILES string of the molecule is Cc1ccc(S(=O)(=O)/C(=C/c2ccccc2)C(=O)OC(C)C)cc1. The predicted octanol–water partition coefficient (Wildman–Crippen LogP) is 3.76. The molecule has 0 amide bonds. The Hall–Kier alpha value is -2.40. The molecule has 0 aliphatic carbocycles. The first kappa shape index (κ1) is 17.9. The van der Waals surface area contributed by atoms with E-state index in [4.69, 9.17) is 4.74 Å². The molecule has 0 atom stereocenters. The zero-order chi connectivity index (χ0) is 17.7. The predicted molar refractivity (Wildman–Crippen MR) is 94.0 cm³/mol.